The summed E-state index contributed by atoms with van der Waals surface area (Å²) in [7, 11) is 1.71. The molecule has 82 valence electrons. The molecule has 0 fully saturated rings. The van der Waals surface area contributed by atoms with Crippen LogP contribution in [0.1, 0.15) is 18.9 Å². The average Bonchev–Trinajstić information content (AvgIpc) is 2.31. The molecule has 0 amide bonds. The van der Waals surface area contributed by atoms with E-state index in [1.807, 2.05) is 30.3 Å². The molecule has 1 atom stereocenters. The Morgan fingerprint density at radius 1 is 1.33 bits per heavy atom. The smallest absolute Gasteiger partial charge is 0.119 e. The van der Waals surface area contributed by atoms with Gasteiger partial charge < -0.3 is 9.47 Å². The molecule has 2 nitrogen and oxygen atoms in total. The minimum absolute atomic E-state index is 0.170. The lowest BCUT2D eigenvalue weighted by molar-refractivity contribution is 0.0556. The quantitative estimate of drug-likeness (QED) is 0.712. The molecule has 15 heavy (non-hydrogen) atoms. The Labute approximate surface area is 91.5 Å². The van der Waals surface area contributed by atoms with E-state index in [2.05, 4.69) is 13.5 Å². The summed E-state index contributed by atoms with van der Waals surface area (Å²) < 4.78 is 10.8. The van der Waals surface area contributed by atoms with Gasteiger partial charge in [0.05, 0.1) is 6.10 Å². The number of benzene rings is 1. The first kappa shape index (κ1) is 11.8. The maximum atomic E-state index is 5.59. The second kappa shape index (κ2) is 6.25. The van der Waals surface area contributed by atoms with Crippen LogP contribution in [0.15, 0.2) is 30.8 Å². The van der Waals surface area contributed by atoms with Crippen molar-refractivity contribution in [1.82, 2.24) is 0 Å². The predicted molar refractivity (Wildman–Crippen MR) is 63.1 cm³/mol. The fourth-order valence-corrected chi connectivity index (χ4v) is 1.24. The second-order valence-corrected chi connectivity index (χ2v) is 3.35. The van der Waals surface area contributed by atoms with Gasteiger partial charge >= 0.3 is 0 Å². The first-order chi connectivity index (χ1) is 7.30. The summed E-state index contributed by atoms with van der Waals surface area (Å²) in [4.78, 5) is 0. The first-order valence-electron chi connectivity index (χ1n) is 5.18. The molecule has 1 aromatic carbocycles. The van der Waals surface area contributed by atoms with E-state index in [-0.39, 0.29) is 6.10 Å². The zero-order chi connectivity index (χ0) is 11.1. The zero-order valence-electron chi connectivity index (χ0n) is 9.40. The van der Waals surface area contributed by atoms with E-state index in [1.54, 1.807) is 7.11 Å². The standard InChI is InChI=1S/C13H18O2/c1-4-11-6-8-13(9-7-11)15-10-12(5-2)14-3/h4,6-9,12H,1,5,10H2,2-3H3. The highest BCUT2D eigenvalue weighted by molar-refractivity contribution is 5.48. The van der Waals surface area contributed by atoms with E-state index in [4.69, 9.17) is 9.47 Å². The van der Waals surface area contributed by atoms with Gasteiger partial charge in [-0.3, -0.25) is 0 Å². The van der Waals surface area contributed by atoms with Gasteiger partial charge in [0.25, 0.3) is 0 Å². The van der Waals surface area contributed by atoms with Crippen LogP contribution in [-0.4, -0.2) is 19.8 Å². The highest BCUT2D eigenvalue weighted by atomic mass is 16.5. The monoisotopic (exact) mass is 206 g/mol. The molecule has 0 aliphatic carbocycles. The highest BCUT2D eigenvalue weighted by Crippen LogP contribution is 2.13. The van der Waals surface area contributed by atoms with Gasteiger partial charge in [-0.05, 0) is 24.1 Å². The largest absolute Gasteiger partial charge is 0.491 e. The molecular weight excluding hydrogens is 188 g/mol. The SMILES string of the molecule is C=Cc1ccc(OCC(CC)OC)cc1. The Morgan fingerprint density at radius 3 is 2.47 bits per heavy atom. The summed E-state index contributed by atoms with van der Waals surface area (Å²) in [5.74, 6) is 0.871. The number of hydrogen-bond donors (Lipinski definition) is 0. The van der Waals surface area contributed by atoms with Crippen LogP contribution in [-0.2, 0) is 4.74 Å². The van der Waals surface area contributed by atoms with Gasteiger partial charge in [0.2, 0.25) is 0 Å². The summed E-state index contributed by atoms with van der Waals surface area (Å²) >= 11 is 0. The molecule has 0 aliphatic rings. The third kappa shape index (κ3) is 3.76. The Hall–Kier alpha value is -1.28. The maximum Gasteiger partial charge on any atom is 0.119 e. The highest BCUT2D eigenvalue weighted by Gasteiger charge is 2.04. The number of rotatable bonds is 6. The Balaban J connectivity index is 2.46. The van der Waals surface area contributed by atoms with Crippen LogP contribution in [0.3, 0.4) is 0 Å². The van der Waals surface area contributed by atoms with Gasteiger partial charge in [-0.15, -0.1) is 0 Å². The summed E-state index contributed by atoms with van der Waals surface area (Å²) in [6.45, 7) is 6.38. The van der Waals surface area contributed by atoms with Crippen molar-refractivity contribution in [2.45, 2.75) is 19.4 Å². The molecule has 0 saturated carbocycles. The van der Waals surface area contributed by atoms with Crippen LogP contribution >= 0.6 is 0 Å². The molecule has 0 radical (unpaired) electrons. The molecule has 0 N–H and O–H groups in total. The zero-order valence-corrected chi connectivity index (χ0v) is 9.40. The van der Waals surface area contributed by atoms with Crippen LogP contribution in [0.2, 0.25) is 0 Å². The van der Waals surface area contributed by atoms with E-state index < -0.39 is 0 Å². The Morgan fingerprint density at radius 2 is 2.00 bits per heavy atom. The molecule has 0 aliphatic heterocycles. The fourth-order valence-electron chi connectivity index (χ4n) is 1.24. The van der Waals surface area contributed by atoms with Crippen molar-refractivity contribution in [1.29, 1.82) is 0 Å². The average molecular weight is 206 g/mol. The molecule has 1 unspecified atom stereocenters. The van der Waals surface area contributed by atoms with E-state index >= 15 is 0 Å². The molecule has 1 rings (SSSR count). The lowest BCUT2D eigenvalue weighted by Crippen LogP contribution is -2.18. The Kier molecular flexibility index (Phi) is 4.91. The summed E-state index contributed by atoms with van der Waals surface area (Å²) in [6.07, 6.45) is 2.94. The molecular formula is C13H18O2. The van der Waals surface area contributed by atoms with Crippen molar-refractivity contribution in [3.05, 3.63) is 36.4 Å². The van der Waals surface area contributed by atoms with Gasteiger partial charge in [-0.25, -0.2) is 0 Å². The van der Waals surface area contributed by atoms with Crippen molar-refractivity contribution in [3.63, 3.8) is 0 Å². The molecule has 0 bridgehead atoms. The second-order valence-electron chi connectivity index (χ2n) is 3.35. The number of ether oxygens (including phenoxy) is 2. The molecule has 0 spiro atoms. The predicted octanol–water partition coefficient (Wildman–Crippen LogP) is 3.13. The summed E-state index contributed by atoms with van der Waals surface area (Å²) in [6, 6.07) is 7.85. The number of hydrogen-bond acceptors (Lipinski definition) is 2. The van der Waals surface area contributed by atoms with Gasteiger partial charge in [-0.1, -0.05) is 31.7 Å². The van der Waals surface area contributed by atoms with Crippen molar-refractivity contribution in [2.75, 3.05) is 13.7 Å². The minimum atomic E-state index is 0.170. The van der Waals surface area contributed by atoms with Crippen molar-refractivity contribution in [2.24, 2.45) is 0 Å². The van der Waals surface area contributed by atoms with Gasteiger partial charge in [-0.2, -0.15) is 0 Å². The van der Waals surface area contributed by atoms with Crippen LogP contribution in [0, 0.1) is 0 Å². The fraction of sp³-hybridized carbons (Fsp3) is 0.385. The van der Waals surface area contributed by atoms with E-state index in [1.165, 1.54) is 0 Å². The van der Waals surface area contributed by atoms with Gasteiger partial charge in [0.1, 0.15) is 12.4 Å². The van der Waals surface area contributed by atoms with Crippen LogP contribution in [0.5, 0.6) is 5.75 Å². The first-order valence-corrected chi connectivity index (χ1v) is 5.18. The Bertz CT molecular complexity index is 286. The van der Waals surface area contributed by atoms with Crippen molar-refractivity contribution in [3.8, 4) is 5.75 Å². The molecule has 2 heteroatoms. The third-order valence-electron chi connectivity index (χ3n) is 2.34. The summed E-state index contributed by atoms with van der Waals surface area (Å²) in [5.41, 5.74) is 1.10. The van der Waals surface area contributed by atoms with Crippen molar-refractivity contribution >= 4 is 6.08 Å². The molecule has 0 heterocycles. The van der Waals surface area contributed by atoms with E-state index in [0.717, 1.165) is 17.7 Å². The normalized spacial score (nSPS) is 12.1. The lowest BCUT2D eigenvalue weighted by Gasteiger charge is -2.14. The molecule has 1 aromatic rings. The third-order valence-corrected chi connectivity index (χ3v) is 2.34. The maximum absolute atomic E-state index is 5.59. The van der Waals surface area contributed by atoms with Crippen LogP contribution in [0.25, 0.3) is 6.08 Å². The van der Waals surface area contributed by atoms with E-state index in [0.29, 0.717) is 6.61 Å². The lowest BCUT2D eigenvalue weighted by atomic mass is 10.2. The van der Waals surface area contributed by atoms with E-state index in [9.17, 15) is 0 Å². The summed E-state index contributed by atoms with van der Waals surface area (Å²) in [5, 5.41) is 0. The molecule has 0 aromatic heterocycles. The van der Waals surface area contributed by atoms with Crippen LogP contribution < -0.4 is 4.74 Å². The van der Waals surface area contributed by atoms with Gasteiger partial charge in [0, 0.05) is 7.11 Å². The number of methoxy groups -OCH3 is 1. The minimum Gasteiger partial charge on any atom is -0.491 e. The van der Waals surface area contributed by atoms with Gasteiger partial charge in [0.15, 0.2) is 0 Å². The molecule has 0 saturated heterocycles. The van der Waals surface area contributed by atoms with Crippen LogP contribution in [0.4, 0.5) is 0 Å². The van der Waals surface area contributed by atoms with Crippen molar-refractivity contribution < 1.29 is 9.47 Å². The topological polar surface area (TPSA) is 18.5 Å².